The maximum Gasteiger partial charge on any atom is 0.191 e. The van der Waals surface area contributed by atoms with Crippen LogP contribution in [0.1, 0.15) is 35.2 Å². The highest BCUT2D eigenvalue weighted by Gasteiger charge is 2.19. The quantitative estimate of drug-likeness (QED) is 0.302. The fraction of sp³-hybridized carbons (Fsp3) is 0.500. The van der Waals surface area contributed by atoms with Crippen LogP contribution in [-0.2, 0) is 13.1 Å². The molecular formula is C20H29FIN5OS. The molecule has 1 aliphatic rings. The standard InChI is InChI=1S/C20H28FN5OS.HI/c1-3-22-20(25-13-19-23-11-14(2)28-19)24-12-15-4-5-18(17(21)10-15)26-8-6-16(27)7-9-26;/h4-5,10-11,16,27H,3,6-9,12-13H2,1-2H3,(H2,22,24,25);1H. The highest BCUT2D eigenvalue weighted by atomic mass is 127. The lowest BCUT2D eigenvalue weighted by atomic mass is 10.1. The minimum atomic E-state index is -0.266. The summed E-state index contributed by atoms with van der Waals surface area (Å²) in [6.07, 6.45) is 2.96. The van der Waals surface area contributed by atoms with Crippen molar-refractivity contribution in [3.63, 3.8) is 0 Å². The molecule has 1 fully saturated rings. The smallest absolute Gasteiger partial charge is 0.191 e. The molecule has 0 atom stereocenters. The summed E-state index contributed by atoms with van der Waals surface area (Å²) in [5.41, 5.74) is 1.42. The maximum atomic E-state index is 14.6. The number of thiazole rings is 1. The number of halogens is 2. The van der Waals surface area contributed by atoms with Gasteiger partial charge in [0.05, 0.1) is 24.9 Å². The molecule has 0 aliphatic carbocycles. The Bertz CT molecular complexity index is 808. The van der Waals surface area contributed by atoms with Crippen LogP contribution >= 0.6 is 35.3 Å². The summed E-state index contributed by atoms with van der Waals surface area (Å²) in [4.78, 5) is 12.1. The molecule has 0 spiro atoms. The van der Waals surface area contributed by atoms with Gasteiger partial charge < -0.3 is 20.6 Å². The predicted molar refractivity (Wildman–Crippen MR) is 128 cm³/mol. The third kappa shape index (κ3) is 7.07. The molecule has 9 heteroatoms. The van der Waals surface area contributed by atoms with Crippen molar-refractivity contribution < 1.29 is 9.50 Å². The maximum absolute atomic E-state index is 14.6. The molecule has 29 heavy (non-hydrogen) atoms. The van der Waals surface area contributed by atoms with Gasteiger partial charge in [-0.1, -0.05) is 6.07 Å². The van der Waals surface area contributed by atoms with Crippen molar-refractivity contribution in [2.24, 2.45) is 4.99 Å². The number of aryl methyl sites for hydroxylation is 1. The normalized spacial score (nSPS) is 15.2. The Morgan fingerprint density at radius 1 is 1.34 bits per heavy atom. The molecule has 160 valence electrons. The molecule has 3 N–H and O–H groups in total. The van der Waals surface area contributed by atoms with Gasteiger partial charge in [-0.05, 0) is 44.4 Å². The molecule has 2 heterocycles. The zero-order valence-corrected chi connectivity index (χ0v) is 20.0. The second-order valence-electron chi connectivity index (χ2n) is 6.92. The first kappa shape index (κ1) is 23.8. The third-order valence-corrected chi connectivity index (χ3v) is 5.57. The first-order valence-corrected chi connectivity index (χ1v) is 10.5. The summed E-state index contributed by atoms with van der Waals surface area (Å²) in [5, 5.41) is 17.1. The number of benzene rings is 1. The summed E-state index contributed by atoms with van der Waals surface area (Å²) in [6.45, 7) is 7.15. The second-order valence-corrected chi connectivity index (χ2v) is 8.24. The average Bonchev–Trinajstić information content (AvgIpc) is 3.10. The number of aliphatic imine (C=N–C) groups is 1. The lowest BCUT2D eigenvalue weighted by Gasteiger charge is -2.31. The van der Waals surface area contributed by atoms with Crippen molar-refractivity contribution in [1.29, 1.82) is 0 Å². The molecule has 0 amide bonds. The van der Waals surface area contributed by atoms with Crippen LogP contribution in [0, 0.1) is 12.7 Å². The number of anilines is 1. The summed E-state index contributed by atoms with van der Waals surface area (Å²) in [5.74, 6) is 0.449. The minimum Gasteiger partial charge on any atom is -0.393 e. The number of nitrogens with zero attached hydrogens (tertiary/aromatic N) is 3. The largest absolute Gasteiger partial charge is 0.393 e. The third-order valence-electron chi connectivity index (χ3n) is 4.66. The van der Waals surface area contributed by atoms with Crippen LogP contribution in [0.15, 0.2) is 29.4 Å². The van der Waals surface area contributed by atoms with E-state index < -0.39 is 0 Å². The van der Waals surface area contributed by atoms with Gasteiger partial charge in [0.15, 0.2) is 5.96 Å². The molecular weight excluding hydrogens is 504 g/mol. The second kappa shape index (κ2) is 11.7. The molecule has 6 nitrogen and oxygen atoms in total. The van der Waals surface area contributed by atoms with Crippen molar-refractivity contribution in [2.45, 2.75) is 45.9 Å². The molecule has 1 saturated heterocycles. The van der Waals surface area contributed by atoms with Crippen molar-refractivity contribution in [1.82, 2.24) is 15.6 Å². The Kier molecular flexibility index (Phi) is 9.57. The molecule has 3 rings (SSSR count). The molecule has 0 bridgehead atoms. The number of rotatable bonds is 6. The van der Waals surface area contributed by atoms with Gasteiger partial charge in [-0.3, -0.25) is 0 Å². The van der Waals surface area contributed by atoms with Gasteiger partial charge in [0.2, 0.25) is 0 Å². The van der Waals surface area contributed by atoms with Gasteiger partial charge >= 0.3 is 0 Å². The van der Waals surface area contributed by atoms with Crippen LogP contribution in [-0.4, -0.2) is 41.8 Å². The molecule has 0 radical (unpaired) electrons. The molecule has 0 saturated carbocycles. The van der Waals surface area contributed by atoms with Crippen molar-refractivity contribution in [3.8, 4) is 0 Å². The van der Waals surface area contributed by atoms with Crippen LogP contribution in [0.5, 0.6) is 0 Å². The SMILES string of the molecule is CCNC(=NCc1ccc(N2CCC(O)CC2)c(F)c1)NCc1ncc(C)s1.I. The number of aromatic nitrogens is 1. The molecule has 0 unspecified atom stereocenters. The topological polar surface area (TPSA) is 72.8 Å². The van der Waals surface area contributed by atoms with Gasteiger partial charge in [0, 0.05) is 30.7 Å². The van der Waals surface area contributed by atoms with E-state index in [0.717, 1.165) is 17.1 Å². The van der Waals surface area contributed by atoms with Crippen molar-refractivity contribution in [2.75, 3.05) is 24.5 Å². The first-order chi connectivity index (χ1) is 13.5. The number of piperidine rings is 1. The van der Waals surface area contributed by atoms with E-state index in [1.54, 1.807) is 17.4 Å². The molecule has 1 aromatic heterocycles. The van der Waals surface area contributed by atoms with Crippen LogP contribution in [0.2, 0.25) is 0 Å². The average molecular weight is 533 g/mol. The van der Waals surface area contributed by atoms with Gasteiger partial charge in [0.1, 0.15) is 10.8 Å². The van der Waals surface area contributed by atoms with E-state index in [2.05, 4.69) is 20.6 Å². The monoisotopic (exact) mass is 533 g/mol. The zero-order chi connectivity index (χ0) is 19.9. The van der Waals surface area contributed by atoms with Crippen LogP contribution in [0.25, 0.3) is 0 Å². The van der Waals surface area contributed by atoms with Crippen molar-refractivity contribution in [3.05, 3.63) is 45.7 Å². The van der Waals surface area contributed by atoms with Crippen LogP contribution in [0.3, 0.4) is 0 Å². The summed E-state index contributed by atoms with van der Waals surface area (Å²) in [6, 6.07) is 5.29. The molecule has 1 aromatic carbocycles. The predicted octanol–water partition coefficient (Wildman–Crippen LogP) is 3.43. The lowest BCUT2D eigenvalue weighted by molar-refractivity contribution is 0.145. The van der Waals surface area contributed by atoms with Gasteiger partial charge in [0.25, 0.3) is 0 Å². The van der Waals surface area contributed by atoms with E-state index in [9.17, 15) is 9.50 Å². The highest BCUT2D eigenvalue weighted by Crippen LogP contribution is 2.24. The summed E-state index contributed by atoms with van der Waals surface area (Å²) < 4.78 is 14.6. The lowest BCUT2D eigenvalue weighted by Crippen LogP contribution is -2.36. The Morgan fingerprint density at radius 2 is 2.10 bits per heavy atom. The van der Waals surface area contributed by atoms with E-state index in [1.807, 2.05) is 37.1 Å². The Labute approximate surface area is 192 Å². The zero-order valence-electron chi connectivity index (χ0n) is 16.8. The molecule has 2 aromatic rings. The van der Waals surface area contributed by atoms with Crippen LogP contribution < -0.4 is 15.5 Å². The summed E-state index contributed by atoms with van der Waals surface area (Å²) in [7, 11) is 0. The van der Waals surface area contributed by atoms with Crippen LogP contribution in [0.4, 0.5) is 10.1 Å². The fourth-order valence-corrected chi connectivity index (χ4v) is 3.89. The Hall–Kier alpha value is -1.46. The Balaban J connectivity index is 0.00000300. The van der Waals surface area contributed by atoms with Gasteiger partial charge in [-0.15, -0.1) is 35.3 Å². The van der Waals surface area contributed by atoms with E-state index >= 15 is 0 Å². The number of nitrogens with one attached hydrogen (secondary N) is 2. The van der Waals surface area contributed by atoms with Gasteiger partial charge in [-0.2, -0.15) is 0 Å². The number of aliphatic hydroxyl groups is 1. The van der Waals surface area contributed by atoms with E-state index in [-0.39, 0.29) is 35.9 Å². The highest BCUT2D eigenvalue weighted by molar-refractivity contribution is 14.0. The number of hydrogen-bond donors (Lipinski definition) is 3. The minimum absolute atomic E-state index is 0. The van der Waals surface area contributed by atoms with Gasteiger partial charge in [-0.25, -0.2) is 14.4 Å². The van der Waals surface area contributed by atoms with E-state index in [0.29, 0.717) is 50.7 Å². The van der Waals surface area contributed by atoms with Crippen molar-refractivity contribution >= 4 is 47.0 Å². The number of guanidine groups is 1. The fourth-order valence-electron chi connectivity index (χ4n) is 3.17. The van der Waals surface area contributed by atoms with E-state index in [4.69, 9.17) is 0 Å². The summed E-state index contributed by atoms with van der Waals surface area (Å²) >= 11 is 1.65. The molecule has 1 aliphatic heterocycles. The number of hydrogen-bond acceptors (Lipinski definition) is 5. The van der Waals surface area contributed by atoms with E-state index in [1.165, 1.54) is 4.88 Å². The first-order valence-electron chi connectivity index (χ1n) is 9.70. The Morgan fingerprint density at radius 3 is 2.72 bits per heavy atom. The number of aliphatic hydroxyl groups excluding tert-OH is 1.